The van der Waals surface area contributed by atoms with E-state index in [0.29, 0.717) is 18.5 Å². The van der Waals surface area contributed by atoms with Gasteiger partial charge in [-0.25, -0.2) is 0 Å². The van der Waals surface area contributed by atoms with Crippen LogP contribution in [-0.2, 0) is 6.54 Å². The Morgan fingerprint density at radius 3 is 2.48 bits per heavy atom. The van der Waals surface area contributed by atoms with Crippen LogP contribution in [0.15, 0.2) is 36.4 Å². The van der Waals surface area contributed by atoms with E-state index in [-0.39, 0.29) is 12.3 Å². The molecule has 0 spiro atoms. The second kappa shape index (κ2) is 6.35. The Balaban J connectivity index is 2.33. The molecular formula is C16H18F3NO. The number of fused-ring (bicyclic) bond motifs is 1. The molecule has 0 aliphatic carbocycles. The first-order chi connectivity index (χ1) is 9.90. The summed E-state index contributed by atoms with van der Waals surface area (Å²) in [5, 5.41) is 11.7. The molecule has 2 rings (SSSR count). The van der Waals surface area contributed by atoms with Gasteiger partial charge in [0.1, 0.15) is 5.75 Å². The number of hydrogen-bond donors (Lipinski definition) is 1. The number of alkyl halides is 3. The van der Waals surface area contributed by atoms with Gasteiger partial charge in [-0.3, -0.25) is 4.90 Å². The summed E-state index contributed by atoms with van der Waals surface area (Å²) in [5.41, 5.74) is 0.547. The summed E-state index contributed by atoms with van der Waals surface area (Å²) in [6.07, 6.45) is -3.61. The van der Waals surface area contributed by atoms with Crippen molar-refractivity contribution in [1.29, 1.82) is 0 Å². The van der Waals surface area contributed by atoms with Gasteiger partial charge in [-0.15, -0.1) is 0 Å². The molecule has 0 aliphatic heterocycles. The van der Waals surface area contributed by atoms with Gasteiger partial charge in [0.15, 0.2) is 0 Å². The molecule has 0 aromatic heterocycles. The Labute approximate surface area is 121 Å². The molecule has 2 aromatic carbocycles. The number of phenols is 1. The molecule has 0 heterocycles. The van der Waals surface area contributed by atoms with Crippen LogP contribution in [0.1, 0.15) is 18.9 Å². The lowest BCUT2D eigenvalue weighted by Crippen LogP contribution is -2.34. The van der Waals surface area contributed by atoms with Gasteiger partial charge in [-0.05, 0) is 29.8 Å². The summed E-state index contributed by atoms with van der Waals surface area (Å²) < 4.78 is 37.9. The molecule has 0 bridgehead atoms. The van der Waals surface area contributed by atoms with E-state index in [1.807, 2.05) is 31.2 Å². The number of halogens is 3. The Bertz CT molecular complexity index is 610. The molecule has 0 amide bonds. The number of phenolic OH excluding ortho intramolecular Hbond substituents is 1. The van der Waals surface area contributed by atoms with Gasteiger partial charge in [-0.2, -0.15) is 13.2 Å². The summed E-state index contributed by atoms with van der Waals surface area (Å²) in [7, 11) is 0. The van der Waals surface area contributed by atoms with Gasteiger partial charge in [0.25, 0.3) is 0 Å². The summed E-state index contributed by atoms with van der Waals surface area (Å²) in [6.45, 7) is 1.29. The van der Waals surface area contributed by atoms with Crippen LogP contribution in [-0.4, -0.2) is 29.3 Å². The molecule has 2 aromatic rings. The first-order valence-corrected chi connectivity index (χ1v) is 6.89. The predicted molar refractivity (Wildman–Crippen MR) is 77.2 cm³/mol. The quantitative estimate of drug-likeness (QED) is 0.888. The minimum absolute atomic E-state index is 0.0389. The molecular weight excluding hydrogens is 279 g/mol. The summed E-state index contributed by atoms with van der Waals surface area (Å²) >= 11 is 0. The zero-order chi connectivity index (χ0) is 15.5. The van der Waals surface area contributed by atoms with Crippen LogP contribution >= 0.6 is 0 Å². The average molecular weight is 297 g/mol. The topological polar surface area (TPSA) is 23.5 Å². The fraction of sp³-hybridized carbons (Fsp3) is 0.375. The molecule has 0 aliphatic rings. The minimum Gasteiger partial charge on any atom is -0.508 e. The van der Waals surface area contributed by atoms with E-state index in [1.54, 1.807) is 6.07 Å². The molecule has 5 heteroatoms. The highest BCUT2D eigenvalue weighted by Gasteiger charge is 2.30. The molecule has 1 N–H and O–H groups in total. The molecule has 0 saturated carbocycles. The van der Waals surface area contributed by atoms with Gasteiger partial charge < -0.3 is 5.11 Å². The van der Waals surface area contributed by atoms with E-state index in [1.165, 1.54) is 11.0 Å². The van der Waals surface area contributed by atoms with Crippen LogP contribution in [0.5, 0.6) is 5.75 Å². The average Bonchev–Trinajstić information content (AvgIpc) is 2.40. The van der Waals surface area contributed by atoms with E-state index in [4.69, 9.17) is 0 Å². The van der Waals surface area contributed by atoms with Crippen LogP contribution in [0, 0.1) is 0 Å². The van der Waals surface area contributed by atoms with Gasteiger partial charge >= 0.3 is 6.18 Å². The maximum Gasteiger partial charge on any atom is 0.401 e. The predicted octanol–water partition coefficient (Wildman–Crippen LogP) is 4.32. The standard InChI is InChI=1S/C16H18F3NO/c1-2-9-20(11-16(17,18)19)10-14-13-6-4-3-5-12(13)7-8-15(14)21/h3-8,21H,2,9-11H2,1H3. The van der Waals surface area contributed by atoms with Crippen molar-refractivity contribution < 1.29 is 18.3 Å². The maximum absolute atomic E-state index is 12.6. The first-order valence-electron chi connectivity index (χ1n) is 6.89. The number of aromatic hydroxyl groups is 1. The second-order valence-electron chi connectivity index (χ2n) is 5.11. The molecule has 0 atom stereocenters. The first kappa shape index (κ1) is 15.6. The summed E-state index contributed by atoms with van der Waals surface area (Å²) in [5.74, 6) is 0.0389. The van der Waals surface area contributed by atoms with Crippen molar-refractivity contribution in [1.82, 2.24) is 4.90 Å². The SMILES string of the molecule is CCCN(Cc1c(O)ccc2ccccc12)CC(F)(F)F. The smallest absolute Gasteiger partial charge is 0.401 e. The maximum atomic E-state index is 12.6. The molecule has 2 nitrogen and oxygen atoms in total. The van der Waals surface area contributed by atoms with Crippen molar-refractivity contribution in [2.45, 2.75) is 26.1 Å². The van der Waals surface area contributed by atoms with Gasteiger partial charge in [0.05, 0.1) is 6.54 Å². The van der Waals surface area contributed by atoms with Gasteiger partial charge in [0.2, 0.25) is 0 Å². The van der Waals surface area contributed by atoms with Crippen LogP contribution < -0.4 is 0 Å². The number of hydrogen-bond acceptors (Lipinski definition) is 2. The van der Waals surface area contributed by atoms with Crippen LogP contribution in [0.3, 0.4) is 0 Å². The van der Waals surface area contributed by atoms with Crippen molar-refractivity contribution in [2.75, 3.05) is 13.1 Å². The Kier molecular flexibility index (Phi) is 4.73. The zero-order valence-electron chi connectivity index (χ0n) is 11.8. The zero-order valence-corrected chi connectivity index (χ0v) is 11.8. The van der Waals surface area contributed by atoms with Crippen LogP contribution in [0.2, 0.25) is 0 Å². The minimum atomic E-state index is -4.24. The number of rotatable bonds is 5. The molecule has 0 fully saturated rings. The second-order valence-corrected chi connectivity index (χ2v) is 5.11. The lowest BCUT2D eigenvalue weighted by molar-refractivity contribution is -0.147. The Hall–Kier alpha value is -1.75. The third kappa shape index (κ3) is 4.11. The lowest BCUT2D eigenvalue weighted by Gasteiger charge is -2.24. The lowest BCUT2D eigenvalue weighted by atomic mass is 10.0. The van der Waals surface area contributed by atoms with Crippen molar-refractivity contribution in [3.05, 3.63) is 42.0 Å². The van der Waals surface area contributed by atoms with Crippen LogP contribution in [0.25, 0.3) is 10.8 Å². The fourth-order valence-corrected chi connectivity index (χ4v) is 2.50. The number of nitrogens with zero attached hydrogens (tertiary/aromatic N) is 1. The van der Waals surface area contributed by atoms with Crippen molar-refractivity contribution >= 4 is 10.8 Å². The largest absolute Gasteiger partial charge is 0.508 e. The normalized spacial score (nSPS) is 12.2. The van der Waals surface area contributed by atoms with Gasteiger partial charge in [-0.1, -0.05) is 37.3 Å². The summed E-state index contributed by atoms with van der Waals surface area (Å²) in [6, 6.07) is 10.7. The van der Waals surface area contributed by atoms with E-state index in [9.17, 15) is 18.3 Å². The van der Waals surface area contributed by atoms with Gasteiger partial charge in [0, 0.05) is 12.1 Å². The Morgan fingerprint density at radius 2 is 1.81 bits per heavy atom. The number of benzene rings is 2. The monoisotopic (exact) mass is 297 g/mol. The third-order valence-corrected chi connectivity index (χ3v) is 3.34. The molecule has 0 radical (unpaired) electrons. The fourth-order valence-electron chi connectivity index (χ4n) is 2.50. The van der Waals surface area contributed by atoms with Crippen LogP contribution in [0.4, 0.5) is 13.2 Å². The highest BCUT2D eigenvalue weighted by molar-refractivity contribution is 5.87. The highest BCUT2D eigenvalue weighted by atomic mass is 19.4. The van der Waals surface area contributed by atoms with E-state index >= 15 is 0 Å². The van der Waals surface area contributed by atoms with Crippen molar-refractivity contribution in [3.8, 4) is 5.75 Å². The van der Waals surface area contributed by atoms with E-state index in [0.717, 1.165) is 10.8 Å². The Morgan fingerprint density at radius 1 is 1.10 bits per heavy atom. The third-order valence-electron chi connectivity index (χ3n) is 3.34. The molecule has 21 heavy (non-hydrogen) atoms. The molecule has 0 saturated heterocycles. The highest BCUT2D eigenvalue weighted by Crippen LogP contribution is 2.29. The van der Waals surface area contributed by atoms with E-state index < -0.39 is 12.7 Å². The van der Waals surface area contributed by atoms with E-state index in [2.05, 4.69) is 0 Å². The van der Waals surface area contributed by atoms with Crippen molar-refractivity contribution in [3.63, 3.8) is 0 Å². The van der Waals surface area contributed by atoms with Crippen molar-refractivity contribution in [2.24, 2.45) is 0 Å². The summed E-state index contributed by atoms with van der Waals surface area (Å²) in [4.78, 5) is 1.32. The molecule has 0 unspecified atom stereocenters. The molecule has 114 valence electrons.